The minimum absolute atomic E-state index is 0.0131. The molecule has 0 radical (unpaired) electrons. The van der Waals surface area contributed by atoms with E-state index in [0.717, 1.165) is 6.07 Å². The van der Waals surface area contributed by atoms with Crippen molar-refractivity contribution in [1.82, 2.24) is 0 Å². The molecular formula is C14H11FO3. The van der Waals surface area contributed by atoms with Crippen LogP contribution >= 0.6 is 0 Å². The zero-order chi connectivity index (χ0) is 13.1. The lowest BCUT2D eigenvalue weighted by Crippen LogP contribution is -1.99. The lowest BCUT2D eigenvalue weighted by molar-refractivity contribution is 0.0697. The van der Waals surface area contributed by atoms with E-state index in [1.54, 1.807) is 24.3 Å². The standard InChI is InChI=1S/C14H11FO3/c15-13-6-5-9(14(17)18)7-12(13)11-4-2-1-3-10(11)8-16/h1-7,16H,8H2,(H,17,18). The predicted octanol–water partition coefficient (Wildman–Crippen LogP) is 2.68. The number of carboxylic acid groups (broad SMARTS) is 1. The molecule has 2 rings (SSSR count). The number of rotatable bonds is 3. The molecule has 2 N–H and O–H groups in total. The summed E-state index contributed by atoms with van der Waals surface area (Å²) in [6.45, 7) is -0.229. The van der Waals surface area contributed by atoms with E-state index >= 15 is 0 Å². The van der Waals surface area contributed by atoms with Crippen LogP contribution in [0.4, 0.5) is 4.39 Å². The number of hydrogen-bond acceptors (Lipinski definition) is 2. The Hall–Kier alpha value is -2.20. The van der Waals surface area contributed by atoms with Crippen molar-refractivity contribution in [1.29, 1.82) is 0 Å². The Morgan fingerprint density at radius 3 is 2.50 bits per heavy atom. The number of aliphatic hydroxyl groups is 1. The third-order valence-corrected chi connectivity index (χ3v) is 2.69. The van der Waals surface area contributed by atoms with Gasteiger partial charge in [-0.1, -0.05) is 24.3 Å². The molecule has 0 saturated heterocycles. The molecule has 0 fully saturated rings. The highest BCUT2D eigenvalue weighted by atomic mass is 19.1. The minimum Gasteiger partial charge on any atom is -0.478 e. The molecule has 0 spiro atoms. The molecule has 0 bridgehead atoms. The summed E-state index contributed by atoms with van der Waals surface area (Å²) in [4.78, 5) is 10.9. The van der Waals surface area contributed by atoms with Gasteiger partial charge in [-0.3, -0.25) is 0 Å². The summed E-state index contributed by atoms with van der Waals surface area (Å²) < 4.78 is 13.8. The van der Waals surface area contributed by atoms with Crippen LogP contribution in [0.1, 0.15) is 15.9 Å². The average Bonchev–Trinajstić information content (AvgIpc) is 2.39. The first-order valence-electron chi connectivity index (χ1n) is 5.35. The second kappa shape index (κ2) is 4.98. The third-order valence-electron chi connectivity index (χ3n) is 2.69. The molecule has 92 valence electrons. The largest absolute Gasteiger partial charge is 0.478 e. The van der Waals surface area contributed by atoms with Gasteiger partial charge in [0.25, 0.3) is 0 Å². The first kappa shape index (κ1) is 12.3. The van der Waals surface area contributed by atoms with Crippen LogP contribution in [0.2, 0.25) is 0 Å². The van der Waals surface area contributed by atoms with Gasteiger partial charge in [0, 0.05) is 5.56 Å². The van der Waals surface area contributed by atoms with Crippen LogP contribution in [0.5, 0.6) is 0 Å². The van der Waals surface area contributed by atoms with Crippen molar-refractivity contribution in [2.24, 2.45) is 0 Å². The summed E-state index contributed by atoms with van der Waals surface area (Å²) in [6, 6.07) is 10.4. The van der Waals surface area contributed by atoms with E-state index in [9.17, 15) is 14.3 Å². The molecule has 0 heterocycles. The van der Waals surface area contributed by atoms with Crippen LogP contribution < -0.4 is 0 Å². The van der Waals surface area contributed by atoms with Crippen molar-refractivity contribution in [3.05, 3.63) is 59.4 Å². The van der Waals surface area contributed by atoms with Crippen LogP contribution in [-0.4, -0.2) is 16.2 Å². The van der Waals surface area contributed by atoms with Crippen molar-refractivity contribution in [3.8, 4) is 11.1 Å². The van der Waals surface area contributed by atoms with Crippen LogP contribution in [0.25, 0.3) is 11.1 Å². The highest BCUT2D eigenvalue weighted by Gasteiger charge is 2.12. The van der Waals surface area contributed by atoms with Gasteiger partial charge in [-0.25, -0.2) is 9.18 Å². The molecular weight excluding hydrogens is 235 g/mol. The molecule has 0 aliphatic rings. The van der Waals surface area contributed by atoms with Crippen LogP contribution in [0.15, 0.2) is 42.5 Å². The number of carbonyl (C=O) groups is 1. The number of hydrogen-bond donors (Lipinski definition) is 2. The summed E-state index contributed by atoms with van der Waals surface area (Å²) in [5.41, 5.74) is 1.25. The van der Waals surface area contributed by atoms with Crippen molar-refractivity contribution in [2.75, 3.05) is 0 Å². The van der Waals surface area contributed by atoms with Gasteiger partial charge < -0.3 is 10.2 Å². The van der Waals surface area contributed by atoms with Gasteiger partial charge in [-0.05, 0) is 29.3 Å². The van der Waals surface area contributed by atoms with Crippen molar-refractivity contribution < 1.29 is 19.4 Å². The Balaban J connectivity index is 2.62. The highest BCUT2D eigenvalue weighted by molar-refractivity contribution is 5.89. The van der Waals surface area contributed by atoms with Crippen molar-refractivity contribution in [3.63, 3.8) is 0 Å². The van der Waals surface area contributed by atoms with Gasteiger partial charge in [0.1, 0.15) is 5.82 Å². The molecule has 2 aromatic carbocycles. The zero-order valence-electron chi connectivity index (χ0n) is 9.43. The minimum atomic E-state index is -1.11. The highest BCUT2D eigenvalue weighted by Crippen LogP contribution is 2.27. The van der Waals surface area contributed by atoms with Crippen LogP contribution in [0, 0.1) is 5.82 Å². The number of carboxylic acids is 1. The first-order chi connectivity index (χ1) is 8.63. The molecule has 4 heteroatoms. The van der Waals surface area contributed by atoms with Crippen LogP contribution in [0.3, 0.4) is 0 Å². The Bertz CT molecular complexity index is 593. The number of halogens is 1. The topological polar surface area (TPSA) is 57.5 Å². The maximum atomic E-state index is 13.8. The summed E-state index contributed by atoms with van der Waals surface area (Å²) in [7, 11) is 0. The fourth-order valence-corrected chi connectivity index (χ4v) is 1.79. The van der Waals surface area contributed by atoms with Gasteiger partial charge in [0.2, 0.25) is 0 Å². The lowest BCUT2D eigenvalue weighted by Gasteiger charge is -2.09. The molecule has 0 amide bonds. The molecule has 18 heavy (non-hydrogen) atoms. The molecule has 0 saturated carbocycles. The maximum absolute atomic E-state index is 13.8. The Labute approximate surface area is 103 Å². The molecule has 0 aromatic heterocycles. The zero-order valence-corrected chi connectivity index (χ0v) is 9.43. The first-order valence-corrected chi connectivity index (χ1v) is 5.35. The molecule has 2 aromatic rings. The van der Waals surface area contributed by atoms with E-state index in [1.165, 1.54) is 12.1 Å². The monoisotopic (exact) mass is 246 g/mol. The molecule has 0 unspecified atom stereocenters. The predicted molar refractivity (Wildman–Crippen MR) is 64.7 cm³/mol. The fraction of sp³-hybridized carbons (Fsp3) is 0.0714. The van der Waals surface area contributed by atoms with E-state index in [-0.39, 0.29) is 17.7 Å². The van der Waals surface area contributed by atoms with E-state index in [1.807, 2.05) is 0 Å². The summed E-state index contributed by atoms with van der Waals surface area (Å²) >= 11 is 0. The average molecular weight is 246 g/mol. The Kier molecular flexibility index (Phi) is 3.39. The van der Waals surface area contributed by atoms with Gasteiger partial charge >= 0.3 is 5.97 Å². The van der Waals surface area contributed by atoms with Gasteiger partial charge in [-0.2, -0.15) is 0 Å². The van der Waals surface area contributed by atoms with Gasteiger partial charge in [-0.15, -0.1) is 0 Å². The second-order valence-corrected chi connectivity index (χ2v) is 3.82. The lowest BCUT2D eigenvalue weighted by atomic mass is 9.98. The van der Waals surface area contributed by atoms with E-state index < -0.39 is 11.8 Å². The van der Waals surface area contributed by atoms with E-state index in [4.69, 9.17) is 5.11 Å². The quantitative estimate of drug-likeness (QED) is 0.875. The molecule has 0 aliphatic heterocycles. The van der Waals surface area contributed by atoms with Gasteiger partial charge in [0.15, 0.2) is 0 Å². The Morgan fingerprint density at radius 1 is 1.11 bits per heavy atom. The summed E-state index contributed by atoms with van der Waals surface area (Å²) in [5.74, 6) is -1.63. The molecule has 0 aliphatic carbocycles. The normalized spacial score (nSPS) is 10.3. The van der Waals surface area contributed by atoms with E-state index in [0.29, 0.717) is 11.1 Å². The molecule has 0 atom stereocenters. The smallest absolute Gasteiger partial charge is 0.335 e. The van der Waals surface area contributed by atoms with E-state index in [2.05, 4.69) is 0 Å². The Morgan fingerprint density at radius 2 is 1.83 bits per heavy atom. The van der Waals surface area contributed by atoms with Gasteiger partial charge in [0.05, 0.1) is 12.2 Å². The number of aromatic carboxylic acids is 1. The second-order valence-electron chi connectivity index (χ2n) is 3.82. The van der Waals surface area contributed by atoms with Crippen LogP contribution in [-0.2, 0) is 6.61 Å². The number of aliphatic hydroxyl groups excluding tert-OH is 1. The molecule has 3 nitrogen and oxygen atoms in total. The van der Waals surface area contributed by atoms with Crippen molar-refractivity contribution in [2.45, 2.75) is 6.61 Å². The fourth-order valence-electron chi connectivity index (χ4n) is 1.79. The maximum Gasteiger partial charge on any atom is 0.335 e. The van der Waals surface area contributed by atoms with Crippen molar-refractivity contribution >= 4 is 5.97 Å². The summed E-state index contributed by atoms with van der Waals surface area (Å²) in [6.07, 6.45) is 0. The summed E-state index contributed by atoms with van der Waals surface area (Å²) in [5, 5.41) is 18.1. The SMILES string of the molecule is O=C(O)c1ccc(F)c(-c2ccccc2CO)c1. The third kappa shape index (κ3) is 2.24. The number of benzene rings is 2.